The molecule has 180 valence electrons. The number of fused-ring (bicyclic) bond motifs is 1. The second-order valence-corrected chi connectivity index (χ2v) is 9.22. The van der Waals surface area contributed by atoms with E-state index in [-0.39, 0.29) is 30.3 Å². The minimum atomic E-state index is -2.78. The van der Waals surface area contributed by atoms with Crippen LogP contribution in [0.3, 0.4) is 0 Å². The van der Waals surface area contributed by atoms with Crippen LogP contribution < -0.4 is 15.8 Å². The maximum atomic E-state index is 14.4. The van der Waals surface area contributed by atoms with Crippen molar-refractivity contribution in [2.24, 2.45) is 11.8 Å². The largest absolute Gasteiger partial charge is 0.478 e. The highest BCUT2D eigenvalue weighted by Crippen LogP contribution is 2.38. The Bertz CT molecular complexity index is 1290. The van der Waals surface area contributed by atoms with E-state index in [1.807, 2.05) is 19.9 Å². The molecule has 9 heteroatoms. The van der Waals surface area contributed by atoms with E-state index in [2.05, 4.69) is 5.32 Å². The number of aryl methyl sites for hydroxylation is 1. The molecule has 2 N–H and O–H groups in total. The molecule has 34 heavy (non-hydrogen) atoms. The molecule has 1 fully saturated rings. The quantitative estimate of drug-likeness (QED) is 0.567. The zero-order valence-electron chi connectivity index (χ0n) is 19.5. The molecule has 0 aliphatic carbocycles. The standard InChI is InChI=1S/C25H28F2N4O3/c1-14-9-19(17(4)28-20-8-6-5-7-18(20)24(33)34)23-29-21(10-22(32)31(23)11-14)30-12-15(2)25(26,27)16(3)13-30/h5-11,15-17,28H,12-13H2,1-4H3,(H,33,34)/t15-,16+,17-/m1/s1. The number of aromatic nitrogens is 2. The van der Waals surface area contributed by atoms with Gasteiger partial charge in [0, 0.05) is 48.4 Å². The van der Waals surface area contributed by atoms with Gasteiger partial charge in [-0.2, -0.15) is 0 Å². The Morgan fingerprint density at radius 2 is 1.85 bits per heavy atom. The molecule has 3 aromatic rings. The molecule has 3 heterocycles. The molecule has 1 aliphatic heterocycles. The Morgan fingerprint density at radius 3 is 2.50 bits per heavy atom. The van der Waals surface area contributed by atoms with Crippen LogP contribution in [-0.2, 0) is 0 Å². The minimum absolute atomic E-state index is 0.0982. The van der Waals surface area contributed by atoms with Gasteiger partial charge < -0.3 is 15.3 Å². The number of nitrogens with zero attached hydrogens (tertiary/aromatic N) is 3. The number of para-hydroxylation sites is 1. The summed E-state index contributed by atoms with van der Waals surface area (Å²) in [6.45, 7) is 6.94. The zero-order chi connectivity index (χ0) is 24.8. The summed E-state index contributed by atoms with van der Waals surface area (Å²) < 4.78 is 30.2. The first-order valence-electron chi connectivity index (χ1n) is 11.2. The lowest BCUT2D eigenvalue weighted by atomic mass is 9.87. The zero-order valence-corrected chi connectivity index (χ0v) is 19.5. The van der Waals surface area contributed by atoms with E-state index in [1.54, 1.807) is 29.3 Å². The van der Waals surface area contributed by atoms with E-state index in [9.17, 15) is 23.5 Å². The van der Waals surface area contributed by atoms with Crippen molar-refractivity contribution >= 4 is 23.1 Å². The van der Waals surface area contributed by atoms with Crippen LogP contribution in [0.2, 0.25) is 0 Å². The third kappa shape index (κ3) is 4.22. The highest BCUT2D eigenvalue weighted by atomic mass is 19.3. The average molecular weight is 471 g/mol. The van der Waals surface area contributed by atoms with Crippen LogP contribution in [-0.4, -0.2) is 39.5 Å². The van der Waals surface area contributed by atoms with Crippen LogP contribution in [0.15, 0.2) is 47.4 Å². The smallest absolute Gasteiger partial charge is 0.337 e. The molecule has 0 spiro atoms. The molecule has 0 radical (unpaired) electrons. The van der Waals surface area contributed by atoms with Gasteiger partial charge in [-0.1, -0.05) is 26.0 Å². The summed E-state index contributed by atoms with van der Waals surface area (Å²) >= 11 is 0. The number of hydrogen-bond acceptors (Lipinski definition) is 5. The first-order chi connectivity index (χ1) is 16.0. The molecular weight excluding hydrogens is 442 g/mol. The van der Waals surface area contributed by atoms with Gasteiger partial charge in [0.2, 0.25) is 0 Å². The van der Waals surface area contributed by atoms with Gasteiger partial charge in [0.25, 0.3) is 11.5 Å². The molecule has 0 bridgehead atoms. The number of halogens is 2. The van der Waals surface area contributed by atoms with Gasteiger partial charge in [-0.3, -0.25) is 9.20 Å². The van der Waals surface area contributed by atoms with Crippen LogP contribution in [0.5, 0.6) is 0 Å². The van der Waals surface area contributed by atoms with E-state index in [0.717, 1.165) is 5.56 Å². The number of aromatic carboxylic acids is 1. The number of hydrogen-bond donors (Lipinski definition) is 2. The fraction of sp³-hybridized carbons (Fsp3) is 0.400. The van der Waals surface area contributed by atoms with Gasteiger partial charge in [0.1, 0.15) is 11.5 Å². The highest BCUT2D eigenvalue weighted by Gasteiger charge is 2.47. The Kier molecular flexibility index (Phi) is 6.05. The fourth-order valence-corrected chi connectivity index (χ4v) is 4.60. The number of benzene rings is 1. The summed E-state index contributed by atoms with van der Waals surface area (Å²) in [6.07, 6.45) is 1.69. The second-order valence-electron chi connectivity index (χ2n) is 9.22. The molecule has 3 atom stereocenters. The molecule has 1 aliphatic rings. The van der Waals surface area contributed by atoms with Gasteiger partial charge in [0.05, 0.1) is 11.6 Å². The highest BCUT2D eigenvalue weighted by molar-refractivity contribution is 5.94. The van der Waals surface area contributed by atoms with Crippen molar-refractivity contribution < 1.29 is 18.7 Å². The predicted octanol–water partition coefficient (Wildman–Crippen LogP) is 4.60. The Hall–Kier alpha value is -3.49. The van der Waals surface area contributed by atoms with E-state index in [4.69, 9.17) is 4.98 Å². The van der Waals surface area contributed by atoms with Gasteiger partial charge in [-0.15, -0.1) is 0 Å². The molecule has 7 nitrogen and oxygen atoms in total. The summed E-state index contributed by atoms with van der Waals surface area (Å²) in [5.74, 6) is -5.21. The number of carboxylic acid groups (broad SMARTS) is 1. The van der Waals surface area contributed by atoms with E-state index >= 15 is 0 Å². The Labute approximate surface area is 196 Å². The Morgan fingerprint density at radius 1 is 1.21 bits per heavy atom. The molecule has 0 saturated carbocycles. The van der Waals surface area contributed by atoms with Crippen LogP contribution in [0, 0.1) is 18.8 Å². The van der Waals surface area contributed by atoms with Crippen molar-refractivity contribution in [1.29, 1.82) is 0 Å². The van der Waals surface area contributed by atoms with E-state index in [1.165, 1.54) is 30.4 Å². The summed E-state index contributed by atoms with van der Waals surface area (Å²) in [5, 5.41) is 12.7. The monoisotopic (exact) mass is 470 g/mol. The van der Waals surface area contributed by atoms with E-state index < -0.39 is 23.7 Å². The molecular formula is C25H28F2N4O3. The number of pyridine rings is 1. The van der Waals surface area contributed by atoms with Gasteiger partial charge in [-0.25, -0.2) is 18.6 Å². The number of anilines is 2. The molecule has 0 unspecified atom stereocenters. The van der Waals surface area contributed by atoms with Crippen molar-refractivity contribution in [2.75, 3.05) is 23.3 Å². The number of carbonyl (C=O) groups is 1. The lowest BCUT2D eigenvalue weighted by Crippen LogP contribution is -2.52. The van der Waals surface area contributed by atoms with Gasteiger partial charge >= 0.3 is 5.97 Å². The minimum Gasteiger partial charge on any atom is -0.478 e. The predicted molar refractivity (Wildman–Crippen MR) is 127 cm³/mol. The lowest BCUT2D eigenvalue weighted by Gasteiger charge is -2.41. The SMILES string of the molecule is Cc1cc([C@@H](C)Nc2ccccc2C(=O)O)c2nc(N3C[C@@H](C)C(F)(F)[C@@H](C)C3)cc(=O)n2c1. The number of piperidine rings is 1. The molecule has 4 rings (SSSR count). The maximum absolute atomic E-state index is 14.4. The summed E-state index contributed by atoms with van der Waals surface area (Å²) in [5.41, 5.74) is 2.21. The van der Waals surface area contributed by atoms with Crippen LogP contribution >= 0.6 is 0 Å². The molecule has 1 saturated heterocycles. The van der Waals surface area contributed by atoms with Crippen molar-refractivity contribution in [2.45, 2.75) is 39.7 Å². The average Bonchev–Trinajstić information content (AvgIpc) is 2.77. The summed E-state index contributed by atoms with van der Waals surface area (Å²) in [6, 6.07) is 9.48. The maximum Gasteiger partial charge on any atom is 0.337 e. The summed E-state index contributed by atoms with van der Waals surface area (Å²) in [7, 11) is 0. The molecule has 0 amide bonds. The van der Waals surface area contributed by atoms with Crippen LogP contribution in [0.4, 0.5) is 20.3 Å². The van der Waals surface area contributed by atoms with Gasteiger partial charge in [-0.05, 0) is 37.6 Å². The second kappa shape index (κ2) is 8.70. The van der Waals surface area contributed by atoms with Crippen LogP contribution in [0.25, 0.3) is 5.65 Å². The van der Waals surface area contributed by atoms with E-state index in [0.29, 0.717) is 22.7 Å². The normalized spacial score (nSPS) is 20.8. The van der Waals surface area contributed by atoms with Crippen molar-refractivity contribution in [3.05, 3.63) is 69.6 Å². The number of nitrogens with one attached hydrogen (secondary N) is 1. The molecule has 2 aromatic heterocycles. The lowest BCUT2D eigenvalue weighted by molar-refractivity contribution is -0.105. The topological polar surface area (TPSA) is 86.9 Å². The van der Waals surface area contributed by atoms with Gasteiger partial charge in [0.15, 0.2) is 0 Å². The number of rotatable bonds is 5. The van der Waals surface area contributed by atoms with Crippen molar-refractivity contribution in [3.8, 4) is 0 Å². The first-order valence-corrected chi connectivity index (χ1v) is 11.2. The van der Waals surface area contributed by atoms with Crippen molar-refractivity contribution in [3.63, 3.8) is 0 Å². The third-order valence-electron chi connectivity index (χ3n) is 6.54. The fourth-order valence-electron chi connectivity index (χ4n) is 4.60. The first kappa shape index (κ1) is 23.7. The third-order valence-corrected chi connectivity index (χ3v) is 6.54. The number of alkyl halides is 2. The van der Waals surface area contributed by atoms with Crippen molar-refractivity contribution in [1.82, 2.24) is 9.38 Å². The summed E-state index contributed by atoms with van der Waals surface area (Å²) in [4.78, 5) is 31.1. The number of carboxylic acids is 1. The molecule has 1 aromatic carbocycles. The Balaban J connectivity index is 1.77. The van der Waals surface area contributed by atoms with Crippen LogP contribution in [0.1, 0.15) is 48.3 Å².